The summed E-state index contributed by atoms with van der Waals surface area (Å²) in [4.78, 5) is 0. The van der Waals surface area contributed by atoms with Crippen LogP contribution in [-0.2, 0) is 11.3 Å². The fourth-order valence-electron chi connectivity index (χ4n) is 2.68. The predicted molar refractivity (Wildman–Crippen MR) is 81.4 cm³/mol. The van der Waals surface area contributed by atoms with Crippen LogP contribution in [0.4, 0.5) is 0 Å². The molecule has 0 amide bonds. The summed E-state index contributed by atoms with van der Waals surface area (Å²) in [6.45, 7) is 1.55. The van der Waals surface area contributed by atoms with Gasteiger partial charge in [0.2, 0.25) is 0 Å². The number of rotatable bonds is 8. The van der Waals surface area contributed by atoms with E-state index < -0.39 is 0 Å². The summed E-state index contributed by atoms with van der Waals surface area (Å²) in [5, 5.41) is 3.46. The van der Waals surface area contributed by atoms with Gasteiger partial charge in [-0.25, -0.2) is 0 Å². The molecule has 0 aromatic heterocycles. The van der Waals surface area contributed by atoms with E-state index in [4.69, 9.17) is 18.9 Å². The fraction of sp³-hybridized carbons (Fsp3) is 0.625. The van der Waals surface area contributed by atoms with Gasteiger partial charge in [-0.3, -0.25) is 0 Å². The maximum Gasteiger partial charge on any atom is 0.164 e. The SMILES string of the molecule is COc1cc(OC)c(OC)cc1CNCC1(OC)CCC1. The van der Waals surface area contributed by atoms with Gasteiger partial charge in [0.1, 0.15) is 5.75 Å². The Bertz CT molecular complexity index is 466. The highest BCUT2D eigenvalue weighted by Crippen LogP contribution is 2.36. The van der Waals surface area contributed by atoms with E-state index in [2.05, 4.69) is 5.32 Å². The first-order valence-electron chi connectivity index (χ1n) is 7.23. The van der Waals surface area contributed by atoms with Gasteiger partial charge in [-0.1, -0.05) is 0 Å². The van der Waals surface area contributed by atoms with Crippen LogP contribution in [0.1, 0.15) is 24.8 Å². The van der Waals surface area contributed by atoms with Crippen LogP contribution in [0, 0.1) is 0 Å². The molecule has 1 fully saturated rings. The summed E-state index contributed by atoms with van der Waals surface area (Å²) >= 11 is 0. The molecule has 5 heteroatoms. The molecule has 1 saturated carbocycles. The molecule has 118 valence electrons. The zero-order valence-electron chi connectivity index (χ0n) is 13.3. The molecule has 0 heterocycles. The van der Waals surface area contributed by atoms with Crippen LogP contribution in [0.5, 0.6) is 17.2 Å². The maximum atomic E-state index is 5.61. The topological polar surface area (TPSA) is 49.0 Å². The lowest BCUT2D eigenvalue weighted by Gasteiger charge is -2.40. The van der Waals surface area contributed by atoms with Crippen molar-refractivity contribution in [3.8, 4) is 17.2 Å². The van der Waals surface area contributed by atoms with Gasteiger partial charge in [0.25, 0.3) is 0 Å². The molecule has 0 unspecified atom stereocenters. The largest absolute Gasteiger partial charge is 0.496 e. The quantitative estimate of drug-likeness (QED) is 0.798. The van der Waals surface area contributed by atoms with Gasteiger partial charge >= 0.3 is 0 Å². The smallest absolute Gasteiger partial charge is 0.164 e. The third-order valence-electron chi connectivity index (χ3n) is 4.25. The van der Waals surface area contributed by atoms with Crippen LogP contribution in [-0.4, -0.2) is 40.6 Å². The average Bonchev–Trinajstić information content (AvgIpc) is 2.49. The van der Waals surface area contributed by atoms with E-state index >= 15 is 0 Å². The molecule has 1 aromatic carbocycles. The first-order chi connectivity index (χ1) is 10.2. The van der Waals surface area contributed by atoms with Gasteiger partial charge in [-0.05, 0) is 25.3 Å². The summed E-state index contributed by atoms with van der Waals surface area (Å²) in [6, 6.07) is 3.80. The Labute approximate surface area is 126 Å². The van der Waals surface area contributed by atoms with Gasteiger partial charge in [-0.15, -0.1) is 0 Å². The van der Waals surface area contributed by atoms with Crippen molar-refractivity contribution < 1.29 is 18.9 Å². The Morgan fingerprint density at radius 3 is 2.05 bits per heavy atom. The number of nitrogens with one attached hydrogen (secondary N) is 1. The highest BCUT2D eigenvalue weighted by Gasteiger charge is 2.36. The van der Waals surface area contributed by atoms with Crippen molar-refractivity contribution in [2.45, 2.75) is 31.4 Å². The molecule has 0 saturated heterocycles. The van der Waals surface area contributed by atoms with Crippen LogP contribution < -0.4 is 19.5 Å². The average molecular weight is 295 g/mol. The van der Waals surface area contributed by atoms with Crippen LogP contribution in [0.2, 0.25) is 0 Å². The molecular weight excluding hydrogens is 270 g/mol. The lowest BCUT2D eigenvalue weighted by molar-refractivity contribution is -0.0695. The summed E-state index contributed by atoms with van der Waals surface area (Å²) in [5.41, 5.74) is 1.06. The third-order valence-corrected chi connectivity index (χ3v) is 4.25. The second-order valence-electron chi connectivity index (χ2n) is 5.36. The molecule has 0 aliphatic heterocycles. The molecule has 0 bridgehead atoms. The Hall–Kier alpha value is -1.46. The number of ether oxygens (including phenoxy) is 4. The van der Waals surface area contributed by atoms with E-state index in [9.17, 15) is 0 Å². The molecule has 0 spiro atoms. The van der Waals surface area contributed by atoms with E-state index in [1.165, 1.54) is 6.42 Å². The van der Waals surface area contributed by atoms with Crippen molar-refractivity contribution >= 4 is 0 Å². The van der Waals surface area contributed by atoms with E-state index in [0.717, 1.165) is 30.7 Å². The minimum atomic E-state index is 0.0177. The zero-order valence-corrected chi connectivity index (χ0v) is 13.3. The number of hydrogen-bond acceptors (Lipinski definition) is 5. The van der Waals surface area contributed by atoms with E-state index in [1.807, 2.05) is 12.1 Å². The van der Waals surface area contributed by atoms with Gasteiger partial charge in [0.05, 0.1) is 26.9 Å². The van der Waals surface area contributed by atoms with Crippen LogP contribution >= 0.6 is 0 Å². The van der Waals surface area contributed by atoms with Crippen LogP contribution in [0.3, 0.4) is 0 Å². The molecule has 1 aromatic rings. The number of benzene rings is 1. The Balaban J connectivity index is 2.04. The molecule has 1 aliphatic carbocycles. The first-order valence-corrected chi connectivity index (χ1v) is 7.23. The second-order valence-corrected chi connectivity index (χ2v) is 5.36. The van der Waals surface area contributed by atoms with Gasteiger partial charge in [0, 0.05) is 31.8 Å². The predicted octanol–water partition coefficient (Wildman–Crippen LogP) is 2.37. The lowest BCUT2D eigenvalue weighted by Crippen LogP contribution is -2.47. The highest BCUT2D eigenvalue weighted by molar-refractivity contribution is 5.50. The molecule has 5 nitrogen and oxygen atoms in total. The number of methoxy groups -OCH3 is 4. The van der Waals surface area contributed by atoms with E-state index in [1.54, 1.807) is 28.4 Å². The van der Waals surface area contributed by atoms with Crippen molar-refractivity contribution in [1.29, 1.82) is 0 Å². The maximum absolute atomic E-state index is 5.61. The molecular formula is C16H25NO4. The minimum Gasteiger partial charge on any atom is -0.496 e. The molecule has 1 N–H and O–H groups in total. The standard InChI is InChI=1S/C16H25NO4/c1-18-13-9-15(20-3)14(19-2)8-12(13)10-17-11-16(21-4)6-5-7-16/h8-9,17H,5-7,10-11H2,1-4H3. The third kappa shape index (κ3) is 3.41. The lowest BCUT2D eigenvalue weighted by atomic mass is 9.80. The summed E-state index contributed by atoms with van der Waals surface area (Å²) in [5.74, 6) is 2.17. The molecule has 21 heavy (non-hydrogen) atoms. The van der Waals surface area contributed by atoms with Gasteiger partial charge < -0.3 is 24.3 Å². The Morgan fingerprint density at radius 2 is 1.57 bits per heavy atom. The van der Waals surface area contributed by atoms with Crippen molar-refractivity contribution in [3.63, 3.8) is 0 Å². The Morgan fingerprint density at radius 1 is 0.952 bits per heavy atom. The van der Waals surface area contributed by atoms with Crippen molar-refractivity contribution in [2.24, 2.45) is 0 Å². The van der Waals surface area contributed by atoms with Crippen LogP contribution in [0.25, 0.3) is 0 Å². The van der Waals surface area contributed by atoms with Crippen molar-refractivity contribution in [3.05, 3.63) is 17.7 Å². The van der Waals surface area contributed by atoms with Gasteiger partial charge in [0.15, 0.2) is 11.5 Å². The summed E-state index contributed by atoms with van der Waals surface area (Å²) in [6.07, 6.45) is 3.49. The van der Waals surface area contributed by atoms with Crippen LogP contribution in [0.15, 0.2) is 12.1 Å². The molecule has 0 radical (unpaired) electrons. The van der Waals surface area contributed by atoms with Crippen molar-refractivity contribution in [1.82, 2.24) is 5.32 Å². The monoisotopic (exact) mass is 295 g/mol. The minimum absolute atomic E-state index is 0.0177. The van der Waals surface area contributed by atoms with E-state index in [-0.39, 0.29) is 5.60 Å². The molecule has 0 atom stereocenters. The van der Waals surface area contributed by atoms with Crippen molar-refractivity contribution in [2.75, 3.05) is 35.0 Å². The second kappa shape index (κ2) is 7.00. The normalized spacial score (nSPS) is 16.2. The highest BCUT2D eigenvalue weighted by atomic mass is 16.5. The zero-order chi connectivity index (χ0) is 15.3. The fourth-order valence-corrected chi connectivity index (χ4v) is 2.68. The summed E-state index contributed by atoms with van der Waals surface area (Å²) < 4.78 is 21.7. The van der Waals surface area contributed by atoms with E-state index in [0.29, 0.717) is 18.0 Å². The summed E-state index contributed by atoms with van der Waals surface area (Å²) in [7, 11) is 6.70. The van der Waals surface area contributed by atoms with Gasteiger partial charge in [-0.2, -0.15) is 0 Å². The molecule has 1 aliphatic rings. The number of hydrogen-bond donors (Lipinski definition) is 1. The Kier molecular flexibility index (Phi) is 5.31. The first kappa shape index (κ1) is 15.9. The molecule has 2 rings (SSSR count).